The Balaban J connectivity index is 1.42. The van der Waals surface area contributed by atoms with Gasteiger partial charge in [0.1, 0.15) is 16.6 Å². The van der Waals surface area contributed by atoms with E-state index in [0.717, 1.165) is 30.5 Å². The molecule has 3 aromatic rings. The smallest absolute Gasteiger partial charge is 0.228 e. The zero-order valence-corrected chi connectivity index (χ0v) is 23.8. The number of fused-ring (bicyclic) bond motifs is 1. The van der Waals surface area contributed by atoms with Crippen LogP contribution < -0.4 is 15.4 Å². The molecule has 1 aliphatic heterocycles. The van der Waals surface area contributed by atoms with Crippen LogP contribution in [0.15, 0.2) is 36.5 Å². The van der Waals surface area contributed by atoms with Crippen LogP contribution in [0.2, 0.25) is 10.0 Å². The SMILES string of the molecule is CC(C)(C)[S+]([O-])N[C@@H]1c2cccnc2CC12CCN(c1nc(N)c(-c3cccc(Cl)c3Cl)c(C#N)n1)CC2. The van der Waals surface area contributed by atoms with Crippen LogP contribution in [0.1, 0.15) is 56.6 Å². The van der Waals surface area contributed by atoms with Gasteiger partial charge in [0, 0.05) is 47.3 Å². The molecule has 1 spiro atoms. The van der Waals surface area contributed by atoms with Crippen LogP contribution in [0.4, 0.5) is 11.8 Å². The van der Waals surface area contributed by atoms with Gasteiger partial charge in [0.15, 0.2) is 5.69 Å². The summed E-state index contributed by atoms with van der Waals surface area (Å²) in [6.45, 7) is 7.24. The number of aromatic nitrogens is 3. The average molecular weight is 571 g/mol. The number of hydrogen-bond acceptors (Lipinski definition) is 8. The van der Waals surface area contributed by atoms with Gasteiger partial charge in [0.2, 0.25) is 5.95 Å². The van der Waals surface area contributed by atoms with Crippen LogP contribution >= 0.6 is 23.2 Å². The molecule has 1 unspecified atom stereocenters. The number of hydrogen-bond donors (Lipinski definition) is 2. The van der Waals surface area contributed by atoms with Crippen molar-refractivity contribution in [2.24, 2.45) is 5.41 Å². The molecule has 2 atom stereocenters. The Kier molecular flexibility index (Phi) is 7.22. The molecule has 3 N–H and O–H groups in total. The fourth-order valence-electron chi connectivity index (χ4n) is 5.37. The number of nitriles is 1. The third-order valence-electron chi connectivity index (χ3n) is 7.44. The first kappa shape index (κ1) is 27.0. The minimum atomic E-state index is -1.23. The van der Waals surface area contributed by atoms with Crippen molar-refractivity contribution in [3.8, 4) is 17.2 Å². The highest BCUT2D eigenvalue weighted by Gasteiger charge is 2.51. The van der Waals surface area contributed by atoms with Crippen LogP contribution in [-0.4, -0.2) is 37.3 Å². The number of benzene rings is 1. The number of nitrogens with two attached hydrogens (primary N) is 1. The predicted octanol–water partition coefficient (Wildman–Crippen LogP) is 5.24. The lowest BCUT2D eigenvalue weighted by atomic mass is 9.73. The molecule has 2 aliphatic rings. The highest BCUT2D eigenvalue weighted by atomic mass is 35.5. The van der Waals surface area contributed by atoms with Crippen molar-refractivity contribution >= 4 is 46.3 Å². The lowest BCUT2D eigenvalue weighted by Crippen LogP contribution is -2.50. The number of nitrogens with one attached hydrogen (secondary N) is 1. The molecule has 8 nitrogen and oxygen atoms in total. The fraction of sp³-hybridized carbons (Fsp3) is 0.407. The number of rotatable bonds is 4. The molecular weight excluding hydrogens is 541 g/mol. The van der Waals surface area contributed by atoms with Gasteiger partial charge in [-0.2, -0.15) is 10.2 Å². The Bertz CT molecular complexity index is 1410. The maximum absolute atomic E-state index is 13.1. The van der Waals surface area contributed by atoms with Gasteiger partial charge < -0.3 is 15.2 Å². The Morgan fingerprint density at radius 1 is 1.18 bits per heavy atom. The van der Waals surface area contributed by atoms with Crippen molar-refractivity contribution < 1.29 is 4.55 Å². The Labute approximate surface area is 235 Å². The number of halogens is 2. The topological polar surface area (TPSA) is 127 Å². The van der Waals surface area contributed by atoms with E-state index < -0.39 is 11.4 Å². The second-order valence-corrected chi connectivity index (χ2v) is 13.6. The summed E-state index contributed by atoms with van der Waals surface area (Å²) in [4.78, 5) is 15.8. The normalized spacial score (nSPS) is 19.3. The van der Waals surface area contributed by atoms with Crippen molar-refractivity contribution in [2.75, 3.05) is 23.7 Å². The first-order valence-corrected chi connectivity index (χ1v) is 14.3. The van der Waals surface area contributed by atoms with Crippen molar-refractivity contribution in [3.05, 3.63) is 63.5 Å². The van der Waals surface area contributed by atoms with Gasteiger partial charge in [-0.25, -0.2) is 4.98 Å². The van der Waals surface area contributed by atoms with Crippen LogP contribution in [0, 0.1) is 16.7 Å². The van der Waals surface area contributed by atoms with Gasteiger partial charge in [-0.1, -0.05) is 41.4 Å². The third kappa shape index (κ3) is 4.80. The molecule has 5 rings (SSSR count). The summed E-state index contributed by atoms with van der Waals surface area (Å²) in [5.74, 6) is 0.584. The lowest BCUT2D eigenvalue weighted by molar-refractivity contribution is 0.175. The maximum atomic E-state index is 13.1. The number of anilines is 2. The van der Waals surface area contributed by atoms with E-state index >= 15 is 0 Å². The van der Waals surface area contributed by atoms with E-state index in [2.05, 4.69) is 36.7 Å². The summed E-state index contributed by atoms with van der Waals surface area (Å²) in [5.41, 5.74) is 9.45. The van der Waals surface area contributed by atoms with Gasteiger partial charge >= 0.3 is 0 Å². The van der Waals surface area contributed by atoms with Gasteiger partial charge in [-0.3, -0.25) is 4.98 Å². The number of nitrogen functional groups attached to an aromatic ring is 1. The molecule has 0 radical (unpaired) electrons. The monoisotopic (exact) mass is 569 g/mol. The number of pyridine rings is 1. The van der Waals surface area contributed by atoms with E-state index in [1.807, 2.05) is 33.0 Å². The van der Waals surface area contributed by atoms with E-state index in [1.165, 1.54) is 0 Å². The van der Waals surface area contributed by atoms with E-state index in [9.17, 15) is 9.81 Å². The summed E-state index contributed by atoms with van der Waals surface area (Å²) < 4.78 is 16.2. The Morgan fingerprint density at radius 2 is 1.92 bits per heavy atom. The van der Waals surface area contributed by atoms with Gasteiger partial charge in [-0.15, -0.1) is 4.72 Å². The molecule has 0 amide bonds. The molecular formula is C27H29Cl2N7OS. The van der Waals surface area contributed by atoms with E-state index in [-0.39, 0.29) is 27.7 Å². The van der Waals surface area contributed by atoms with E-state index in [0.29, 0.717) is 40.2 Å². The second kappa shape index (κ2) is 10.2. The molecule has 11 heteroatoms. The second-order valence-electron chi connectivity index (χ2n) is 10.8. The van der Waals surface area contributed by atoms with Gasteiger partial charge in [0.05, 0.1) is 21.7 Å². The third-order valence-corrected chi connectivity index (χ3v) is 9.82. The van der Waals surface area contributed by atoms with E-state index in [4.69, 9.17) is 28.9 Å². The zero-order chi connectivity index (χ0) is 27.2. The molecule has 0 bridgehead atoms. The molecule has 1 saturated heterocycles. The van der Waals surface area contributed by atoms with Crippen molar-refractivity contribution in [3.63, 3.8) is 0 Å². The minimum Gasteiger partial charge on any atom is -0.598 e. The van der Waals surface area contributed by atoms with Crippen LogP contribution in [-0.2, 0) is 17.8 Å². The maximum Gasteiger partial charge on any atom is 0.228 e. The highest BCUT2D eigenvalue weighted by Crippen LogP contribution is 2.52. The number of nitrogens with zero attached hydrogens (tertiary/aromatic N) is 5. The number of piperidine rings is 1. The van der Waals surface area contributed by atoms with Crippen molar-refractivity contribution in [1.29, 1.82) is 5.26 Å². The standard InChI is InChI=1S/C27H29Cl2N7OS/c1-26(2,3)38(37)35-23-16-7-5-11-32-19(16)14-27(23)9-12-36(13-10-27)25-33-20(15-30)21(24(31)34-25)17-6-4-8-18(28)22(17)29/h4-8,11,23,35H,9-10,12-14H2,1-3H3,(H2,31,33,34)/t23-,38?/m1/s1. The molecule has 1 aliphatic carbocycles. The first-order valence-electron chi connectivity index (χ1n) is 12.4. The molecule has 1 aromatic carbocycles. The van der Waals surface area contributed by atoms with Gasteiger partial charge in [0.25, 0.3) is 0 Å². The van der Waals surface area contributed by atoms with Gasteiger partial charge in [-0.05, 0) is 57.7 Å². The van der Waals surface area contributed by atoms with Crippen LogP contribution in [0.5, 0.6) is 0 Å². The summed E-state index contributed by atoms with van der Waals surface area (Å²) in [5, 5.41) is 10.6. The highest BCUT2D eigenvalue weighted by molar-refractivity contribution is 7.90. The lowest BCUT2D eigenvalue weighted by Gasteiger charge is -2.43. The summed E-state index contributed by atoms with van der Waals surface area (Å²) in [7, 11) is 0. The predicted molar refractivity (Wildman–Crippen MR) is 152 cm³/mol. The molecule has 2 aromatic heterocycles. The zero-order valence-electron chi connectivity index (χ0n) is 21.5. The molecule has 0 saturated carbocycles. The van der Waals surface area contributed by atoms with Crippen molar-refractivity contribution in [2.45, 2.75) is 50.8 Å². The van der Waals surface area contributed by atoms with Crippen LogP contribution in [0.3, 0.4) is 0 Å². The largest absolute Gasteiger partial charge is 0.598 e. The quantitative estimate of drug-likeness (QED) is 0.408. The molecule has 3 heterocycles. The summed E-state index contributed by atoms with van der Waals surface area (Å²) >= 11 is 11.4. The molecule has 1 fully saturated rings. The summed E-state index contributed by atoms with van der Waals surface area (Å²) in [6.07, 6.45) is 4.26. The van der Waals surface area contributed by atoms with E-state index in [1.54, 1.807) is 18.2 Å². The van der Waals surface area contributed by atoms with Crippen molar-refractivity contribution in [1.82, 2.24) is 19.7 Å². The minimum absolute atomic E-state index is 0.0681. The summed E-state index contributed by atoms with van der Waals surface area (Å²) in [6, 6.07) is 11.3. The fourth-order valence-corrected chi connectivity index (χ4v) is 6.71. The Hall–Kier alpha value is -2.61. The Morgan fingerprint density at radius 3 is 2.61 bits per heavy atom. The van der Waals surface area contributed by atoms with Crippen LogP contribution in [0.25, 0.3) is 11.1 Å². The average Bonchev–Trinajstić information content (AvgIpc) is 3.17. The first-order chi connectivity index (χ1) is 18.0. The molecule has 38 heavy (non-hydrogen) atoms. The molecule has 198 valence electrons.